The van der Waals surface area contributed by atoms with E-state index in [9.17, 15) is 17.6 Å². The van der Waals surface area contributed by atoms with Crippen LogP contribution in [-0.2, 0) is 26.2 Å². The Bertz CT molecular complexity index is 1090. The summed E-state index contributed by atoms with van der Waals surface area (Å²) in [4.78, 5) is 23.9. The molecular weight excluding hydrogens is 411 g/mol. The van der Waals surface area contributed by atoms with Gasteiger partial charge in [0.25, 0.3) is 5.91 Å². The predicted octanol–water partition coefficient (Wildman–Crippen LogP) is 1.79. The van der Waals surface area contributed by atoms with Gasteiger partial charge in [0.1, 0.15) is 11.5 Å². The van der Waals surface area contributed by atoms with E-state index in [1.54, 1.807) is 19.3 Å². The minimum absolute atomic E-state index is 0.0517. The Morgan fingerprint density at radius 3 is 2.87 bits per heavy atom. The Kier molecular flexibility index (Phi) is 5.29. The fourth-order valence-corrected chi connectivity index (χ4v) is 5.22. The van der Waals surface area contributed by atoms with Crippen LogP contribution in [0.1, 0.15) is 18.5 Å². The number of nitrogens with zero attached hydrogens (tertiary/aromatic N) is 4. The minimum Gasteiger partial charge on any atom is -0.387 e. The topological polar surface area (TPSA) is 92.2 Å². The molecule has 0 saturated carbocycles. The standard InChI is InChI=1S/C20H21FN4O4S/c1-24(13-16-6-2-3-9-22-16)19(26)18-12-20(29-23-18)8-10-25(14-20)30(27,28)17-7-4-5-15(21)11-17/h2-7,9,11H,8,10,12-14H2,1H3/t20-/m0/s1. The monoisotopic (exact) mass is 432 g/mol. The van der Waals surface area contributed by atoms with Crippen molar-refractivity contribution in [1.29, 1.82) is 0 Å². The fraction of sp³-hybridized carbons (Fsp3) is 0.350. The van der Waals surface area contributed by atoms with Gasteiger partial charge in [0.2, 0.25) is 10.0 Å². The lowest BCUT2D eigenvalue weighted by atomic mass is 9.96. The van der Waals surface area contributed by atoms with E-state index in [0.717, 1.165) is 11.8 Å². The number of oxime groups is 1. The number of rotatable bonds is 5. The van der Waals surface area contributed by atoms with E-state index < -0.39 is 21.4 Å². The van der Waals surface area contributed by atoms with Crippen LogP contribution in [0, 0.1) is 5.82 Å². The van der Waals surface area contributed by atoms with E-state index in [0.29, 0.717) is 13.0 Å². The summed E-state index contributed by atoms with van der Waals surface area (Å²) in [5, 5.41) is 3.96. The second kappa shape index (κ2) is 7.77. The molecule has 3 heterocycles. The summed E-state index contributed by atoms with van der Waals surface area (Å²) in [7, 11) is -2.21. The molecule has 10 heteroatoms. The van der Waals surface area contributed by atoms with Crippen LogP contribution in [0.25, 0.3) is 0 Å². The average Bonchev–Trinajstić information content (AvgIpc) is 3.35. The van der Waals surface area contributed by atoms with Crippen molar-refractivity contribution in [2.75, 3.05) is 20.1 Å². The highest BCUT2D eigenvalue weighted by Gasteiger charge is 2.50. The quantitative estimate of drug-likeness (QED) is 0.718. The van der Waals surface area contributed by atoms with Crippen LogP contribution in [0.3, 0.4) is 0 Å². The number of hydrogen-bond donors (Lipinski definition) is 0. The van der Waals surface area contributed by atoms with Crippen molar-refractivity contribution in [3.05, 3.63) is 60.2 Å². The Hall–Kier alpha value is -2.85. The van der Waals surface area contributed by atoms with Gasteiger partial charge in [-0.05, 0) is 30.3 Å². The molecule has 30 heavy (non-hydrogen) atoms. The molecule has 0 aliphatic carbocycles. The maximum absolute atomic E-state index is 13.5. The number of benzene rings is 1. The number of aromatic nitrogens is 1. The molecular formula is C20H21FN4O4S. The Labute approximate surface area is 174 Å². The number of amides is 1. The lowest BCUT2D eigenvalue weighted by molar-refractivity contribution is -0.123. The van der Waals surface area contributed by atoms with Gasteiger partial charge in [-0.1, -0.05) is 17.3 Å². The maximum atomic E-state index is 13.5. The summed E-state index contributed by atoms with van der Waals surface area (Å²) in [6, 6.07) is 10.4. The van der Waals surface area contributed by atoms with Gasteiger partial charge in [-0.15, -0.1) is 0 Å². The van der Waals surface area contributed by atoms with Crippen LogP contribution in [0.2, 0.25) is 0 Å². The maximum Gasteiger partial charge on any atom is 0.271 e. The van der Waals surface area contributed by atoms with Gasteiger partial charge >= 0.3 is 0 Å². The van der Waals surface area contributed by atoms with Gasteiger partial charge in [-0.25, -0.2) is 12.8 Å². The smallest absolute Gasteiger partial charge is 0.271 e. The molecule has 2 aliphatic heterocycles. The normalized spacial score (nSPS) is 21.5. The minimum atomic E-state index is -3.86. The molecule has 0 N–H and O–H groups in total. The van der Waals surface area contributed by atoms with Crippen molar-refractivity contribution >= 4 is 21.6 Å². The molecule has 1 saturated heterocycles. The number of sulfonamides is 1. The van der Waals surface area contributed by atoms with Crippen molar-refractivity contribution < 1.29 is 22.4 Å². The fourth-order valence-electron chi connectivity index (χ4n) is 3.67. The number of pyridine rings is 1. The van der Waals surface area contributed by atoms with Gasteiger partial charge in [-0.2, -0.15) is 4.31 Å². The Morgan fingerprint density at radius 1 is 1.30 bits per heavy atom. The van der Waals surface area contributed by atoms with Crippen molar-refractivity contribution in [3.8, 4) is 0 Å². The Morgan fingerprint density at radius 2 is 2.13 bits per heavy atom. The molecule has 0 unspecified atom stereocenters. The molecule has 4 rings (SSSR count). The first-order valence-corrected chi connectivity index (χ1v) is 10.9. The third-order valence-electron chi connectivity index (χ3n) is 5.27. The number of halogens is 1. The molecule has 1 amide bonds. The molecule has 8 nitrogen and oxygen atoms in total. The van der Waals surface area contributed by atoms with Crippen LogP contribution < -0.4 is 0 Å². The van der Waals surface area contributed by atoms with Crippen LogP contribution in [0.4, 0.5) is 4.39 Å². The first kappa shape index (κ1) is 20.4. The highest BCUT2D eigenvalue weighted by molar-refractivity contribution is 7.89. The lowest BCUT2D eigenvalue weighted by Gasteiger charge is -2.22. The second-order valence-electron chi connectivity index (χ2n) is 7.52. The molecule has 1 aromatic heterocycles. The predicted molar refractivity (Wildman–Crippen MR) is 106 cm³/mol. The average molecular weight is 432 g/mol. The van der Waals surface area contributed by atoms with Gasteiger partial charge in [0, 0.05) is 32.6 Å². The molecule has 0 radical (unpaired) electrons. The van der Waals surface area contributed by atoms with Gasteiger partial charge in [0.15, 0.2) is 5.60 Å². The molecule has 2 aliphatic rings. The van der Waals surface area contributed by atoms with E-state index in [1.165, 1.54) is 27.4 Å². The van der Waals surface area contributed by atoms with Crippen molar-refractivity contribution in [2.45, 2.75) is 29.9 Å². The van der Waals surface area contributed by atoms with Crippen LogP contribution in [-0.4, -0.2) is 60.0 Å². The highest BCUT2D eigenvalue weighted by Crippen LogP contribution is 2.36. The summed E-state index contributed by atoms with van der Waals surface area (Å²) >= 11 is 0. The van der Waals surface area contributed by atoms with Gasteiger partial charge < -0.3 is 9.74 Å². The van der Waals surface area contributed by atoms with Crippen molar-refractivity contribution in [2.24, 2.45) is 5.16 Å². The zero-order valence-corrected chi connectivity index (χ0v) is 17.2. The summed E-state index contributed by atoms with van der Waals surface area (Å²) in [6.45, 7) is 0.585. The number of carbonyl (C=O) groups is 1. The van der Waals surface area contributed by atoms with E-state index in [1.807, 2.05) is 12.1 Å². The van der Waals surface area contributed by atoms with Gasteiger partial charge in [0.05, 0.1) is 23.7 Å². The van der Waals surface area contributed by atoms with Crippen molar-refractivity contribution in [3.63, 3.8) is 0 Å². The zero-order chi connectivity index (χ0) is 21.4. The first-order chi connectivity index (χ1) is 14.3. The molecule has 1 aromatic carbocycles. The third kappa shape index (κ3) is 3.92. The van der Waals surface area contributed by atoms with E-state index in [4.69, 9.17) is 4.84 Å². The van der Waals surface area contributed by atoms with Gasteiger partial charge in [-0.3, -0.25) is 9.78 Å². The number of carbonyl (C=O) groups excluding carboxylic acids is 1. The molecule has 1 atom stereocenters. The molecule has 1 spiro atoms. The second-order valence-corrected chi connectivity index (χ2v) is 9.46. The third-order valence-corrected chi connectivity index (χ3v) is 7.11. The summed E-state index contributed by atoms with van der Waals surface area (Å²) < 4.78 is 40.4. The van der Waals surface area contributed by atoms with E-state index >= 15 is 0 Å². The number of hydrogen-bond acceptors (Lipinski definition) is 6. The molecule has 0 bridgehead atoms. The Balaban J connectivity index is 1.42. The van der Waals surface area contributed by atoms with Crippen LogP contribution >= 0.6 is 0 Å². The zero-order valence-electron chi connectivity index (χ0n) is 16.4. The van der Waals surface area contributed by atoms with E-state index in [-0.39, 0.29) is 36.0 Å². The SMILES string of the molecule is CN(Cc1ccccn1)C(=O)C1=NO[C@@]2(CCN(S(=O)(=O)c3cccc(F)c3)C2)C1. The van der Waals surface area contributed by atoms with Crippen LogP contribution in [0.5, 0.6) is 0 Å². The highest BCUT2D eigenvalue weighted by atomic mass is 32.2. The van der Waals surface area contributed by atoms with E-state index in [2.05, 4.69) is 10.1 Å². The summed E-state index contributed by atoms with van der Waals surface area (Å²) in [5.41, 5.74) is 0.117. The molecule has 2 aromatic rings. The summed E-state index contributed by atoms with van der Waals surface area (Å²) in [6.07, 6.45) is 2.27. The van der Waals surface area contributed by atoms with Crippen LogP contribution in [0.15, 0.2) is 58.7 Å². The summed E-state index contributed by atoms with van der Waals surface area (Å²) in [5.74, 6) is -0.904. The molecule has 158 valence electrons. The lowest BCUT2D eigenvalue weighted by Crippen LogP contribution is -2.39. The first-order valence-electron chi connectivity index (χ1n) is 9.45. The largest absolute Gasteiger partial charge is 0.387 e. The van der Waals surface area contributed by atoms with Crippen molar-refractivity contribution in [1.82, 2.24) is 14.2 Å². The molecule has 1 fully saturated rings.